The number of nitrogens with one attached hydrogen (secondary N) is 1. The summed E-state index contributed by atoms with van der Waals surface area (Å²) in [7, 11) is 3.48. The Morgan fingerprint density at radius 1 is 1.30 bits per heavy atom. The molecule has 1 aromatic rings. The van der Waals surface area contributed by atoms with E-state index < -0.39 is 0 Å². The molecule has 0 aromatic heterocycles. The van der Waals surface area contributed by atoms with Crippen molar-refractivity contribution in [3.8, 4) is 0 Å². The van der Waals surface area contributed by atoms with Crippen LogP contribution in [0.15, 0.2) is 29.3 Å². The Labute approximate surface area is 195 Å². The summed E-state index contributed by atoms with van der Waals surface area (Å²) in [6.07, 6.45) is 1.05. The van der Waals surface area contributed by atoms with Gasteiger partial charge >= 0.3 is 0 Å². The molecule has 30 heavy (non-hydrogen) atoms. The number of carbonyl (C=O) groups is 1. The highest BCUT2D eigenvalue weighted by atomic mass is 127. The molecule has 7 nitrogen and oxygen atoms in total. The first kappa shape index (κ1) is 24.8. The Morgan fingerprint density at radius 3 is 2.70 bits per heavy atom. The normalized spacial score (nSPS) is 20.0. The van der Waals surface area contributed by atoms with E-state index in [4.69, 9.17) is 4.74 Å². The number of carbonyl (C=O) groups excluding carboxylic acids is 1. The van der Waals surface area contributed by atoms with Crippen molar-refractivity contribution in [3.63, 3.8) is 0 Å². The maximum Gasteiger partial charge on any atom is 0.243 e. The highest BCUT2D eigenvalue weighted by Crippen LogP contribution is 2.12. The topological polar surface area (TPSA) is 60.4 Å². The molecule has 0 spiro atoms. The van der Waals surface area contributed by atoms with Crippen molar-refractivity contribution in [2.45, 2.75) is 13.0 Å². The van der Waals surface area contributed by atoms with Gasteiger partial charge in [0, 0.05) is 65.9 Å². The minimum Gasteiger partial charge on any atom is -0.381 e. The number of piperazine rings is 1. The molecule has 2 heterocycles. The van der Waals surface area contributed by atoms with E-state index in [1.165, 1.54) is 6.07 Å². The Morgan fingerprint density at radius 2 is 2.07 bits per heavy atom. The maximum atomic E-state index is 13.4. The Balaban J connectivity index is 0.00000320. The summed E-state index contributed by atoms with van der Waals surface area (Å²) in [5, 5.41) is 3.45. The third-order valence-corrected chi connectivity index (χ3v) is 5.40. The summed E-state index contributed by atoms with van der Waals surface area (Å²) in [6.45, 7) is 6.64. The average molecular weight is 533 g/mol. The lowest BCUT2D eigenvalue weighted by molar-refractivity contribution is -0.127. The molecule has 1 aromatic carbocycles. The van der Waals surface area contributed by atoms with Crippen molar-refractivity contribution in [1.29, 1.82) is 0 Å². The lowest BCUT2D eigenvalue weighted by Gasteiger charge is -2.37. The van der Waals surface area contributed by atoms with Gasteiger partial charge in [-0.2, -0.15) is 0 Å². The van der Waals surface area contributed by atoms with E-state index in [1.807, 2.05) is 6.07 Å². The van der Waals surface area contributed by atoms with Gasteiger partial charge in [0.25, 0.3) is 0 Å². The number of benzene rings is 1. The van der Waals surface area contributed by atoms with Crippen LogP contribution in [0, 0.1) is 11.7 Å². The lowest BCUT2D eigenvalue weighted by atomic mass is 10.1. The van der Waals surface area contributed by atoms with Gasteiger partial charge in [-0.1, -0.05) is 12.1 Å². The molecule has 1 amide bonds. The molecule has 1 N–H and O–H groups in total. The van der Waals surface area contributed by atoms with E-state index in [2.05, 4.69) is 20.1 Å². The van der Waals surface area contributed by atoms with Crippen LogP contribution in [0.1, 0.15) is 12.0 Å². The zero-order valence-corrected chi connectivity index (χ0v) is 20.2. The first-order chi connectivity index (χ1) is 14.0. The van der Waals surface area contributed by atoms with Crippen LogP contribution in [0.25, 0.3) is 0 Å². The zero-order chi connectivity index (χ0) is 20.6. The number of rotatable bonds is 6. The summed E-state index contributed by atoms with van der Waals surface area (Å²) in [5.74, 6) is 1.07. The Bertz CT molecular complexity index is 704. The second kappa shape index (κ2) is 12.4. The van der Waals surface area contributed by atoms with Crippen molar-refractivity contribution in [3.05, 3.63) is 35.6 Å². The van der Waals surface area contributed by atoms with Gasteiger partial charge in [0.2, 0.25) is 5.91 Å². The van der Waals surface area contributed by atoms with Gasteiger partial charge in [0.05, 0.1) is 6.61 Å². The summed E-state index contributed by atoms with van der Waals surface area (Å²) in [4.78, 5) is 22.7. The fraction of sp³-hybridized carbons (Fsp3) is 0.619. The molecule has 1 atom stereocenters. The molecule has 0 saturated carbocycles. The number of guanidine groups is 1. The molecule has 2 aliphatic heterocycles. The molecule has 1 unspecified atom stereocenters. The molecule has 9 heteroatoms. The van der Waals surface area contributed by atoms with E-state index in [0.717, 1.165) is 70.4 Å². The second-order valence-corrected chi connectivity index (χ2v) is 7.93. The van der Waals surface area contributed by atoms with E-state index in [1.54, 1.807) is 31.1 Å². The van der Waals surface area contributed by atoms with Crippen molar-refractivity contribution >= 4 is 35.8 Å². The quantitative estimate of drug-likeness (QED) is 0.343. The third-order valence-electron chi connectivity index (χ3n) is 5.40. The fourth-order valence-corrected chi connectivity index (χ4v) is 3.54. The predicted octanol–water partition coefficient (Wildman–Crippen LogP) is 1.63. The molecule has 0 radical (unpaired) electrons. The van der Waals surface area contributed by atoms with Crippen molar-refractivity contribution < 1.29 is 13.9 Å². The highest BCUT2D eigenvalue weighted by Gasteiger charge is 2.22. The van der Waals surface area contributed by atoms with Gasteiger partial charge < -0.3 is 19.9 Å². The van der Waals surface area contributed by atoms with Crippen LogP contribution < -0.4 is 5.32 Å². The molecular weight excluding hydrogens is 500 g/mol. The third kappa shape index (κ3) is 7.66. The summed E-state index contributed by atoms with van der Waals surface area (Å²) in [6, 6.07) is 6.78. The molecule has 2 aliphatic rings. The molecule has 0 bridgehead atoms. The smallest absolute Gasteiger partial charge is 0.243 e. The van der Waals surface area contributed by atoms with Gasteiger partial charge in [-0.05, 0) is 24.1 Å². The van der Waals surface area contributed by atoms with Crippen molar-refractivity contribution in [1.82, 2.24) is 20.0 Å². The number of hydrogen-bond donors (Lipinski definition) is 1. The minimum atomic E-state index is -0.193. The van der Waals surface area contributed by atoms with Crippen LogP contribution in [-0.2, 0) is 16.1 Å². The summed E-state index contributed by atoms with van der Waals surface area (Å²) in [5.41, 5.74) is 0.989. The number of nitrogens with zero attached hydrogens (tertiary/aromatic N) is 4. The van der Waals surface area contributed by atoms with Crippen LogP contribution in [0.3, 0.4) is 0 Å². The number of aliphatic imine (C=N–C) groups is 1. The first-order valence-corrected chi connectivity index (χ1v) is 10.3. The fourth-order valence-electron chi connectivity index (χ4n) is 3.54. The SMILES string of the molecule is CN(C)C(=O)CN=C(NCC1CCOC1)N1CCN(Cc2cccc(F)c2)CC1.I. The highest BCUT2D eigenvalue weighted by molar-refractivity contribution is 14.0. The molecule has 2 fully saturated rings. The summed E-state index contributed by atoms with van der Waals surface area (Å²) >= 11 is 0. The lowest BCUT2D eigenvalue weighted by Crippen LogP contribution is -2.53. The molecule has 168 valence electrons. The molecule has 2 saturated heterocycles. The van der Waals surface area contributed by atoms with Gasteiger partial charge in [0.1, 0.15) is 12.4 Å². The van der Waals surface area contributed by atoms with Gasteiger partial charge in [-0.15, -0.1) is 24.0 Å². The van der Waals surface area contributed by atoms with Gasteiger partial charge in [-0.3, -0.25) is 9.69 Å². The van der Waals surface area contributed by atoms with Crippen LogP contribution >= 0.6 is 24.0 Å². The minimum absolute atomic E-state index is 0. The summed E-state index contributed by atoms with van der Waals surface area (Å²) < 4.78 is 18.9. The van der Waals surface area contributed by atoms with Gasteiger partial charge in [0.15, 0.2) is 5.96 Å². The molecular formula is C21H33FIN5O2. The van der Waals surface area contributed by atoms with Crippen molar-refractivity contribution in [2.75, 3.05) is 66.6 Å². The second-order valence-electron chi connectivity index (χ2n) is 7.93. The predicted molar refractivity (Wildman–Crippen MR) is 127 cm³/mol. The van der Waals surface area contributed by atoms with E-state index in [9.17, 15) is 9.18 Å². The number of likely N-dealkylation sites (N-methyl/N-ethyl adjacent to an activating group) is 1. The standard InChI is InChI=1S/C21H32FN5O2.HI/c1-25(2)20(28)14-24-21(23-13-18-6-11-29-16-18)27-9-7-26(8-10-27)15-17-4-3-5-19(22)12-17;/h3-5,12,18H,6-11,13-16H2,1-2H3,(H,23,24);1H. The Hall–Kier alpha value is -1.46. The van der Waals surface area contributed by atoms with Crippen molar-refractivity contribution in [2.24, 2.45) is 10.9 Å². The van der Waals surface area contributed by atoms with Gasteiger partial charge in [-0.25, -0.2) is 9.38 Å². The number of amides is 1. The maximum absolute atomic E-state index is 13.4. The molecule has 3 rings (SSSR count). The molecule has 0 aliphatic carbocycles. The van der Waals surface area contributed by atoms with E-state index >= 15 is 0 Å². The van der Waals surface area contributed by atoms with Crippen LogP contribution in [0.2, 0.25) is 0 Å². The number of hydrogen-bond acceptors (Lipinski definition) is 4. The largest absolute Gasteiger partial charge is 0.381 e. The van der Waals surface area contributed by atoms with Crippen LogP contribution in [-0.4, -0.2) is 93.1 Å². The van der Waals surface area contributed by atoms with E-state index in [0.29, 0.717) is 5.92 Å². The average Bonchev–Trinajstić information content (AvgIpc) is 3.22. The van der Waals surface area contributed by atoms with E-state index in [-0.39, 0.29) is 42.2 Å². The zero-order valence-electron chi connectivity index (χ0n) is 17.8. The monoisotopic (exact) mass is 533 g/mol. The Kier molecular flexibility index (Phi) is 10.3. The first-order valence-electron chi connectivity index (χ1n) is 10.3. The number of ether oxygens (including phenoxy) is 1. The van der Waals surface area contributed by atoms with Crippen LogP contribution in [0.4, 0.5) is 4.39 Å². The number of halogens is 2. The van der Waals surface area contributed by atoms with Crippen LogP contribution in [0.5, 0.6) is 0 Å².